The first-order valence-electron chi connectivity index (χ1n) is 10.7. The molecule has 0 fully saturated rings. The van der Waals surface area contributed by atoms with Crippen LogP contribution in [0.1, 0.15) is 51.0 Å². The van der Waals surface area contributed by atoms with Crippen molar-refractivity contribution in [2.45, 2.75) is 51.7 Å². The van der Waals surface area contributed by atoms with Crippen LogP contribution in [0.25, 0.3) is 5.65 Å². The molecule has 0 radical (unpaired) electrons. The molecule has 0 bridgehead atoms. The summed E-state index contributed by atoms with van der Waals surface area (Å²) < 4.78 is 8.19. The molecule has 4 rings (SSSR count). The lowest BCUT2D eigenvalue weighted by molar-refractivity contribution is 0.0694. The van der Waals surface area contributed by atoms with Crippen molar-refractivity contribution in [2.75, 3.05) is 13.1 Å². The van der Waals surface area contributed by atoms with Crippen LogP contribution >= 0.6 is 24.0 Å². The maximum absolute atomic E-state index is 6.15. The summed E-state index contributed by atoms with van der Waals surface area (Å²) in [4.78, 5) is 4.80. The second-order valence-electron chi connectivity index (χ2n) is 8.21. The maximum atomic E-state index is 6.15. The van der Waals surface area contributed by atoms with E-state index in [1.807, 2.05) is 40.9 Å². The molecule has 1 unspecified atom stereocenters. The standard InChI is InChI=1S/C23H30N6O.HI/c1-4-24-22(25-14-9-13-21-28-27-20-12-7-8-15-29(20)21)26-18-16-23(2,3)30-19-11-6-5-10-17(18)19;/h5-8,10-12,15,18H,4,9,13-14,16H2,1-3H3,(H2,24,25,26);1H. The van der Waals surface area contributed by atoms with Gasteiger partial charge in [-0.15, -0.1) is 34.2 Å². The van der Waals surface area contributed by atoms with Crippen molar-refractivity contribution in [3.63, 3.8) is 0 Å². The van der Waals surface area contributed by atoms with E-state index in [-0.39, 0.29) is 35.6 Å². The monoisotopic (exact) mass is 534 g/mol. The summed E-state index contributed by atoms with van der Waals surface area (Å²) in [6, 6.07) is 14.3. The molecule has 0 saturated heterocycles. The third-order valence-electron chi connectivity index (χ3n) is 5.24. The van der Waals surface area contributed by atoms with Gasteiger partial charge in [-0.2, -0.15) is 0 Å². The van der Waals surface area contributed by atoms with E-state index in [0.717, 1.165) is 49.0 Å². The highest BCUT2D eigenvalue weighted by Gasteiger charge is 2.33. The zero-order valence-corrected chi connectivity index (χ0v) is 20.7. The minimum absolute atomic E-state index is 0. The molecule has 2 N–H and O–H groups in total. The summed E-state index contributed by atoms with van der Waals surface area (Å²) in [7, 11) is 0. The van der Waals surface area contributed by atoms with Gasteiger partial charge in [-0.05, 0) is 45.4 Å². The molecule has 1 aromatic carbocycles. The van der Waals surface area contributed by atoms with Crippen molar-refractivity contribution in [1.29, 1.82) is 0 Å². The largest absolute Gasteiger partial charge is 0.487 e. The third-order valence-corrected chi connectivity index (χ3v) is 5.24. The predicted molar refractivity (Wildman–Crippen MR) is 134 cm³/mol. The maximum Gasteiger partial charge on any atom is 0.191 e. The molecular weight excluding hydrogens is 503 g/mol. The fraction of sp³-hybridized carbons (Fsp3) is 0.435. The van der Waals surface area contributed by atoms with Gasteiger partial charge in [-0.1, -0.05) is 24.3 Å². The van der Waals surface area contributed by atoms with E-state index < -0.39 is 0 Å². The molecule has 2 aromatic heterocycles. The lowest BCUT2D eigenvalue weighted by Crippen LogP contribution is -2.45. The van der Waals surface area contributed by atoms with Crippen LogP contribution in [0.4, 0.5) is 0 Å². The van der Waals surface area contributed by atoms with Gasteiger partial charge >= 0.3 is 0 Å². The number of aliphatic imine (C=N–C) groups is 1. The molecule has 1 aliphatic heterocycles. The van der Waals surface area contributed by atoms with Gasteiger partial charge in [0.05, 0.1) is 6.04 Å². The first-order valence-corrected chi connectivity index (χ1v) is 10.7. The Morgan fingerprint density at radius 2 is 2.00 bits per heavy atom. The average molecular weight is 534 g/mol. The minimum atomic E-state index is -0.224. The van der Waals surface area contributed by atoms with Gasteiger partial charge in [0.2, 0.25) is 0 Å². The van der Waals surface area contributed by atoms with E-state index in [4.69, 9.17) is 9.73 Å². The Hall–Kier alpha value is -2.36. The number of halogens is 1. The summed E-state index contributed by atoms with van der Waals surface area (Å²) in [5, 5.41) is 15.5. The number of hydrogen-bond acceptors (Lipinski definition) is 4. The highest BCUT2D eigenvalue weighted by Crippen LogP contribution is 2.39. The van der Waals surface area contributed by atoms with Gasteiger partial charge in [0.1, 0.15) is 17.2 Å². The molecule has 0 saturated carbocycles. The van der Waals surface area contributed by atoms with Crippen molar-refractivity contribution < 1.29 is 4.74 Å². The second kappa shape index (κ2) is 10.3. The fourth-order valence-electron chi connectivity index (χ4n) is 3.91. The predicted octanol–water partition coefficient (Wildman–Crippen LogP) is 4.14. The average Bonchev–Trinajstić information content (AvgIpc) is 3.13. The van der Waals surface area contributed by atoms with Crippen molar-refractivity contribution >= 4 is 35.6 Å². The van der Waals surface area contributed by atoms with Gasteiger partial charge in [0.15, 0.2) is 11.6 Å². The SMILES string of the molecule is CCNC(=NCCCc1nnc2ccccn12)NC1CC(C)(C)Oc2ccccc21.I. The van der Waals surface area contributed by atoms with E-state index in [1.165, 1.54) is 5.56 Å². The number of rotatable bonds is 6. The van der Waals surface area contributed by atoms with Crippen LogP contribution in [0.2, 0.25) is 0 Å². The van der Waals surface area contributed by atoms with Crippen LogP contribution < -0.4 is 15.4 Å². The number of aromatic nitrogens is 3. The van der Waals surface area contributed by atoms with Gasteiger partial charge < -0.3 is 15.4 Å². The van der Waals surface area contributed by atoms with Gasteiger partial charge in [-0.25, -0.2) is 0 Å². The lowest BCUT2D eigenvalue weighted by atomic mass is 9.90. The number of nitrogens with one attached hydrogen (secondary N) is 2. The Kier molecular flexibility index (Phi) is 7.74. The topological polar surface area (TPSA) is 75.8 Å². The molecule has 0 spiro atoms. The molecule has 0 aliphatic carbocycles. The Labute approximate surface area is 200 Å². The number of nitrogens with zero attached hydrogens (tertiary/aromatic N) is 4. The second-order valence-corrected chi connectivity index (χ2v) is 8.21. The first-order chi connectivity index (χ1) is 14.6. The zero-order chi connectivity index (χ0) is 21.0. The third kappa shape index (κ3) is 5.66. The molecular formula is C23H31IN6O. The van der Waals surface area contributed by atoms with Crippen LogP contribution in [-0.4, -0.2) is 39.2 Å². The zero-order valence-electron chi connectivity index (χ0n) is 18.3. The Bertz CT molecular complexity index is 1030. The normalized spacial score (nSPS) is 17.4. The number of guanidine groups is 1. The summed E-state index contributed by atoms with van der Waals surface area (Å²) in [5.74, 6) is 2.75. The molecule has 8 heteroatoms. The van der Waals surface area contributed by atoms with E-state index in [2.05, 4.69) is 53.7 Å². The number of ether oxygens (including phenoxy) is 1. The molecule has 0 amide bonds. The van der Waals surface area contributed by atoms with Crippen LogP contribution in [0.5, 0.6) is 5.75 Å². The number of fused-ring (bicyclic) bond motifs is 2. The van der Waals surface area contributed by atoms with E-state index in [1.54, 1.807) is 0 Å². The number of aryl methyl sites for hydroxylation is 1. The molecule has 1 atom stereocenters. The van der Waals surface area contributed by atoms with Crippen molar-refractivity contribution in [3.8, 4) is 5.75 Å². The summed E-state index contributed by atoms with van der Waals surface area (Å²) in [5.41, 5.74) is 1.84. The van der Waals surface area contributed by atoms with Gasteiger partial charge in [-0.3, -0.25) is 9.39 Å². The highest BCUT2D eigenvalue weighted by molar-refractivity contribution is 14.0. The lowest BCUT2D eigenvalue weighted by Gasteiger charge is -2.38. The first kappa shape index (κ1) is 23.3. The minimum Gasteiger partial charge on any atom is -0.487 e. The molecule has 1 aliphatic rings. The summed E-state index contributed by atoms with van der Waals surface area (Å²) in [6.45, 7) is 7.87. The number of benzene rings is 1. The Morgan fingerprint density at radius 1 is 1.19 bits per heavy atom. The van der Waals surface area contributed by atoms with Gasteiger partial charge in [0, 0.05) is 37.7 Å². The number of para-hydroxylation sites is 1. The van der Waals surface area contributed by atoms with E-state index in [9.17, 15) is 0 Å². The Balaban J connectivity index is 0.00000272. The molecule has 31 heavy (non-hydrogen) atoms. The van der Waals surface area contributed by atoms with Crippen LogP contribution in [0.15, 0.2) is 53.7 Å². The van der Waals surface area contributed by atoms with Crippen molar-refractivity contribution in [1.82, 2.24) is 25.2 Å². The Morgan fingerprint density at radius 3 is 2.84 bits per heavy atom. The highest BCUT2D eigenvalue weighted by atomic mass is 127. The van der Waals surface area contributed by atoms with E-state index in [0.29, 0.717) is 6.54 Å². The number of pyridine rings is 1. The quantitative estimate of drug-likeness (QED) is 0.215. The molecule has 3 heterocycles. The smallest absolute Gasteiger partial charge is 0.191 e. The van der Waals surface area contributed by atoms with E-state index >= 15 is 0 Å². The van der Waals surface area contributed by atoms with Crippen LogP contribution in [-0.2, 0) is 6.42 Å². The van der Waals surface area contributed by atoms with Crippen LogP contribution in [0.3, 0.4) is 0 Å². The molecule has 3 aromatic rings. The van der Waals surface area contributed by atoms with Gasteiger partial charge in [0.25, 0.3) is 0 Å². The molecule has 7 nitrogen and oxygen atoms in total. The molecule has 166 valence electrons. The summed E-state index contributed by atoms with van der Waals surface area (Å²) in [6.07, 6.45) is 4.62. The fourth-order valence-corrected chi connectivity index (χ4v) is 3.91. The summed E-state index contributed by atoms with van der Waals surface area (Å²) >= 11 is 0. The van der Waals surface area contributed by atoms with Crippen molar-refractivity contribution in [2.24, 2.45) is 4.99 Å². The van der Waals surface area contributed by atoms with Crippen molar-refractivity contribution in [3.05, 3.63) is 60.0 Å². The van der Waals surface area contributed by atoms with Crippen LogP contribution in [0, 0.1) is 0 Å². The number of hydrogen-bond donors (Lipinski definition) is 2.